The Hall–Kier alpha value is -0.790. The van der Waals surface area contributed by atoms with Crippen molar-refractivity contribution in [1.82, 2.24) is 9.97 Å². The van der Waals surface area contributed by atoms with Gasteiger partial charge in [-0.05, 0) is 74.5 Å². The van der Waals surface area contributed by atoms with E-state index in [1.165, 1.54) is 55.7 Å². The largest absolute Gasteiger partial charge is 0.345 e. The maximum absolute atomic E-state index is 5.16. The van der Waals surface area contributed by atoms with E-state index < -0.39 is 0 Å². The van der Waals surface area contributed by atoms with Gasteiger partial charge in [0.25, 0.3) is 0 Å². The Bertz CT molecular complexity index is 530. The van der Waals surface area contributed by atoms with Crippen molar-refractivity contribution in [3.63, 3.8) is 0 Å². The Morgan fingerprint density at radius 2 is 1.57 bits per heavy atom. The zero-order valence-corrected chi connectivity index (χ0v) is 13.4. The Labute approximate surface area is 128 Å². The molecule has 21 heavy (non-hydrogen) atoms. The molecule has 2 atom stereocenters. The predicted octanol–water partition coefficient (Wildman–Crippen LogP) is 4.64. The lowest BCUT2D eigenvalue weighted by molar-refractivity contribution is -0.00544. The average molecular weight is 284 g/mol. The van der Waals surface area contributed by atoms with E-state index in [-0.39, 0.29) is 0 Å². The Morgan fingerprint density at radius 1 is 0.905 bits per heavy atom. The number of hydrogen-bond donors (Lipinski definition) is 1. The molecule has 5 aliphatic rings. The fourth-order valence-corrected chi connectivity index (χ4v) is 6.68. The standard InChI is InChI=1S/C19H28N2/c1-10-3-11(2)18-16(4-10)20-19(21-18)17-14-6-12-5-13(8-14)9-15(17)7-12/h10-15,17H,3-9H2,1-2H3,(H,20,21). The summed E-state index contributed by atoms with van der Waals surface area (Å²) in [5.41, 5.74) is 2.89. The van der Waals surface area contributed by atoms with E-state index >= 15 is 0 Å². The van der Waals surface area contributed by atoms with Crippen LogP contribution in [0.15, 0.2) is 0 Å². The monoisotopic (exact) mass is 284 g/mol. The number of nitrogens with one attached hydrogen (secondary N) is 1. The van der Waals surface area contributed by atoms with Crippen molar-refractivity contribution in [1.29, 1.82) is 0 Å². The van der Waals surface area contributed by atoms with Gasteiger partial charge in [0, 0.05) is 17.5 Å². The molecule has 1 aromatic rings. The van der Waals surface area contributed by atoms with Crippen molar-refractivity contribution >= 4 is 0 Å². The minimum atomic E-state index is 0.658. The molecule has 6 rings (SSSR count). The van der Waals surface area contributed by atoms with Gasteiger partial charge >= 0.3 is 0 Å². The van der Waals surface area contributed by atoms with Crippen LogP contribution in [-0.4, -0.2) is 9.97 Å². The number of nitrogens with zero attached hydrogens (tertiary/aromatic N) is 1. The van der Waals surface area contributed by atoms with Gasteiger partial charge in [-0.1, -0.05) is 13.8 Å². The fourth-order valence-electron chi connectivity index (χ4n) is 6.68. The molecule has 0 radical (unpaired) electrons. The van der Waals surface area contributed by atoms with E-state index in [2.05, 4.69) is 18.8 Å². The molecule has 0 aromatic carbocycles. The maximum Gasteiger partial charge on any atom is 0.110 e. The minimum Gasteiger partial charge on any atom is -0.345 e. The molecule has 0 saturated heterocycles. The van der Waals surface area contributed by atoms with Gasteiger partial charge < -0.3 is 4.98 Å². The molecule has 0 amide bonds. The smallest absolute Gasteiger partial charge is 0.110 e. The van der Waals surface area contributed by atoms with E-state index in [4.69, 9.17) is 4.98 Å². The van der Waals surface area contributed by atoms with Crippen molar-refractivity contribution in [3.05, 3.63) is 17.2 Å². The summed E-state index contributed by atoms with van der Waals surface area (Å²) >= 11 is 0. The first-order valence-corrected chi connectivity index (χ1v) is 9.26. The molecule has 0 aliphatic heterocycles. The van der Waals surface area contributed by atoms with E-state index in [1.807, 2.05) is 0 Å². The zero-order chi connectivity index (χ0) is 14.1. The number of fused-ring (bicyclic) bond motifs is 1. The SMILES string of the molecule is CC1Cc2[nH]c(C3C4CC5CC(C4)CC3C5)nc2C(C)C1. The summed E-state index contributed by atoms with van der Waals surface area (Å²) in [5, 5.41) is 0. The van der Waals surface area contributed by atoms with Crippen LogP contribution in [0.2, 0.25) is 0 Å². The molecule has 4 bridgehead atoms. The van der Waals surface area contributed by atoms with Crippen LogP contribution in [0.4, 0.5) is 0 Å². The summed E-state index contributed by atoms with van der Waals surface area (Å²) < 4.78 is 0. The van der Waals surface area contributed by atoms with Gasteiger partial charge in [0.2, 0.25) is 0 Å². The summed E-state index contributed by atoms with van der Waals surface area (Å²) in [5.74, 6) is 7.65. The predicted molar refractivity (Wildman–Crippen MR) is 84.3 cm³/mol. The number of H-pyrrole nitrogens is 1. The van der Waals surface area contributed by atoms with E-state index in [0.717, 1.165) is 35.5 Å². The molecule has 2 nitrogen and oxygen atoms in total. The molecule has 4 fully saturated rings. The number of aromatic amines is 1. The second-order valence-electron chi connectivity index (χ2n) is 8.89. The van der Waals surface area contributed by atoms with Crippen LogP contribution in [0, 0.1) is 29.6 Å². The van der Waals surface area contributed by atoms with Gasteiger partial charge in [-0.25, -0.2) is 4.98 Å². The van der Waals surface area contributed by atoms with Crippen molar-refractivity contribution < 1.29 is 0 Å². The van der Waals surface area contributed by atoms with Gasteiger partial charge in [-0.15, -0.1) is 0 Å². The van der Waals surface area contributed by atoms with Crippen LogP contribution in [-0.2, 0) is 6.42 Å². The van der Waals surface area contributed by atoms with Crippen LogP contribution >= 0.6 is 0 Å². The fraction of sp³-hybridized carbons (Fsp3) is 0.842. The molecule has 0 spiro atoms. The second kappa shape index (κ2) is 4.36. The minimum absolute atomic E-state index is 0.658. The van der Waals surface area contributed by atoms with Gasteiger partial charge in [-0.3, -0.25) is 0 Å². The van der Waals surface area contributed by atoms with Crippen molar-refractivity contribution in [2.45, 2.75) is 70.6 Å². The second-order valence-corrected chi connectivity index (χ2v) is 8.89. The molecule has 4 saturated carbocycles. The molecule has 1 heterocycles. The van der Waals surface area contributed by atoms with Crippen LogP contribution < -0.4 is 0 Å². The third-order valence-electron chi connectivity index (χ3n) is 7.15. The van der Waals surface area contributed by atoms with Gasteiger partial charge in [-0.2, -0.15) is 0 Å². The quantitative estimate of drug-likeness (QED) is 0.800. The lowest BCUT2D eigenvalue weighted by Gasteiger charge is -2.53. The van der Waals surface area contributed by atoms with Gasteiger partial charge in [0.05, 0.1) is 5.69 Å². The highest BCUT2D eigenvalue weighted by Gasteiger charge is 2.49. The van der Waals surface area contributed by atoms with E-state index in [9.17, 15) is 0 Å². The normalized spacial score (nSPS) is 47.6. The molecule has 1 aromatic heterocycles. The summed E-state index contributed by atoms with van der Waals surface area (Å²) in [4.78, 5) is 8.97. The van der Waals surface area contributed by atoms with Crippen LogP contribution in [0.3, 0.4) is 0 Å². The van der Waals surface area contributed by atoms with Crippen molar-refractivity contribution in [2.75, 3.05) is 0 Å². The third kappa shape index (κ3) is 1.87. The Kier molecular flexibility index (Phi) is 2.64. The number of imidazole rings is 1. The van der Waals surface area contributed by atoms with Crippen molar-refractivity contribution in [3.8, 4) is 0 Å². The van der Waals surface area contributed by atoms with E-state index in [1.54, 1.807) is 6.42 Å². The Morgan fingerprint density at radius 3 is 2.24 bits per heavy atom. The molecule has 2 heteroatoms. The van der Waals surface area contributed by atoms with Crippen LogP contribution in [0.25, 0.3) is 0 Å². The summed E-state index contributed by atoms with van der Waals surface area (Å²) in [6, 6.07) is 0. The summed E-state index contributed by atoms with van der Waals surface area (Å²) in [7, 11) is 0. The lowest BCUT2D eigenvalue weighted by atomic mass is 9.52. The van der Waals surface area contributed by atoms with E-state index in [0.29, 0.717) is 5.92 Å². The highest BCUT2D eigenvalue weighted by molar-refractivity contribution is 5.25. The first-order valence-electron chi connectivity index (χ1n) is 9.26. The summed E-state index contributed by atoms with van der Waals surface area (Å²) in [6.45, 7) is 4.76. The summed E-state index contributed by atoms with van der Waals surface area (Å²) in [6.07, 6.45) is 10.1. The Balaban J connectivity index is 1.50. The number of rotatable bonds is 1. The molecular weight excluding hydrogens is 256 g/mol. The molecule has 5 aliphatic carbocycles. The van der Waals surface area contributed by atoms with Gasteiger partial charge in [0.1, 0.15) is 5.82 Å². The van der Waals surface area contributed by atoms with Crippen LogP contribution in [0.1, 0.15) is 81.4 Å². The molecule has 1 N–H and O–H groups in total. The first kappa shape index (κ1) is 12.7. The topological polar surface area (TPSA) is 28.7 Å². The van der Waals surface area contributed by atoms with Crippen molar-refractivity contribution in [2.24, 2.45) is 29.6 Å². The lowest BCUT2D eigenvalue weighted by Crippen LogP contribution is -2.44. The number of aromatic nitrogens is 2. The maximum atomic E-state index is 5.16. The van der Waals surface area contributed by atoms with Gasteiger partial charge in [0.15, 0.2) is 0 Å². The third-order valence-corrected chi connectivity index (χ3v) is 7.15. The zero-order valence-electron chi connectivity index (χ0n) is 13.4. The highest BCUT2D eigenvalue weighted by Crippen LogP contribution is 2.59. The molecular formula is C19H28N2. The van der Waals surface area contributed by atoms with Crippen LogP contribution in [0.5, 0.6) is 0 Å². The molecule has 114 valence electrons. The first-order chi connectivity index (χ1) is 10.2. The molecule has 2 unspecified atom stereocenters. The average Bonchev–Trinajstić information content (AvgIpc) is 2.81. The highest BCUT2D eigenvalue weighted by atomic mass is 15.0. The number of hydrogen-bond acceptors (Lipinski definition) is 1.